The van der Waals surface area contributed by atoms with Crippen molar-refractivity contribution in [2.24, 2.45) is 11.8 Å². The molecule has 0 spiro atoms. The highest BCUT2D eigenvalue weighted by molar-refractivity contribution is 5.91. The van der Waals surface area contributed by atoms with E-state index >= 15 is 0 Å². The number of hydrogen-bond donors (Lipinski definition) is 1. The number of pyridine rings is 1. The van der Waals surface area contributed by atoms with Crippen molar-refractivity contribution >= 4 is 18.0 Å². The SMILES string of the molecule is O=C(/C=C/c1ccc(OC(F)(F)F)cc1)N1CCC2CN(C(=O)N3CCc4[nH]c(=O)ccc4C3)CC2CC1. The number of fused-ring (bicyclic) bond motifs is 2. The Bertz CT molecular complexity index is 1260. The van der Waals surface area contributed by atoms with Crippen LogP contribution in [-0.2, 0) is 17.8 Å². The monoisotopic (exact) mass is 530 g/mol. The maximum atomic E-state index is 13.2. The van der Waals surface area contributed by atoms with E-state index in [4.69, 9.17) is 0 Å². The number of urea groups is 1. The van der Waals surface area contributed by atoms with Crippen LogP contribution >= 0.6 is 0 Å². The summed E-state index contributed by atoms with van der Waals surface area (Å²) < 4.78 is 40.8. The van der Waals surface area contributed by atoms with E-state index in [1.165, 1.54) is 36.4 Å². The average molecular weight is 531 g/mol. The van der Waals surface area contributed by atoms with Gasteiger partial charge in [-0.2, -0.15) is 0 Å². The van der Waals surface area contributed by atoms with E-state index in [1.54, 1.807) is 17.0 Å². The fraction of sp³-hybridized carbons (Fsp3) is 0.444. The molecule has 3 aliphatic rings. The minimum Gasteiger partial charge on any atom is -0.406 e. The predicted molar refractivity (Wildman–Crippen MR) is 133 cm³/mol. The Morgan fingerprint density at radius 2 is 1.61 bits per heavy atom. The molecule has 202 valence electrons. The Morgan fingerprint density at radius 3 is 2.26 bits per heavy atom. The summed E-state index contributed by atoms with van der Waals surface area (Å²) in [6, 6.07) is 8.65. The Balaban J connectivity index is 1.12. The predicted octanol–water partition coefficient (Wildman–Crippen LogP) is 3.64. The van der Waals surface area contributed by atoms with Gasteiger partial charge < -0.3 is 24.4 Å². The number of carbonyl (C=O) groups excluding carboxylic acids is 2. The third-order valence-corrected chi connectivity index (χ3v) is 7.59. The third kappa shape index (κ3) is 6.03. The van der Waals surface area contributed by atoms with Crippen molar-refractivity contribution in [3.05, 3.63) is 69.6 Å². The first-order valence-electron chi connectivity index (χ1n) is 12.7. The van der Waals surface area contributed by atoms with Gasteiger partial charge in [-0.3, -0.25) is 9.59 Å². The van der Waals surface area contributed by atoms with Gasteiger partial charge in [0.2, 0.25) is 11.5 Å². The van der Waals surface area contributed by atoms with Crippen molar-refractivity contribution in [2.75, 3.05) is 32.7 Å². The first-order chi connectivity index (χ1) is 18.1. The number of amides is 3. The van der Waals surface area contributed by atoms with Gasteiger partial charge in [0.25, 0.3) is 0 Å². The molecule has 3 amide bonds. The normalized spacial score (nSPS) is 21.7. The number of nitrogens with zero attached hydrogens (tertiary/aromatic N) is 3. The number of H-pyrrole nitrogens is 1. The Morgan fingerprint density at radius 1 is 0.921 bits per heavy atom. The zero-order valence-corrected chi connectivity index (χ0v) is 20.7. The van der Waals surface area contributed by atoms with Crippen LogP contribution < -0.4 is 10.3 Å². The summed E-state index contributed by atoms with van der Waals surface area (Å²) in [6.45, 7) is 3.59. The molecular formula is C27H29F3N4O4. The van der Waals surface area contributed by atoms with Crippen LogP contribution in [0.25, 0.3) is 6.08 Å². The van der Waals surface area contributed by atoms with E-state index in [2.05, 4.69) is 9.72 Å². The third-order valence-electron chi connectivity index (χ3n) is 7.59. The van der Waals surface area contributed by atoms with Crippen LogP contribution in [0.3, 0.4) is 0 Å². The summed E-state index contributed by atoms with van der Waals surface area (Å²) in [5.74, 6) is 0.207. The number of ether oxygens (including phenoxy) is 1. The van der Waals surface area contributed by atoms with Gasteiger partial charge in [0.15, 0.2) is 0 Å². The lowest BCUT2D eigenvalue weighted by molar-refractivity contribution is -0.274. The molecule has 2 fully saturated rings. The van der Waals surface area contributed by atoms with E-state index in [9.17, 15) is 27.6 Å². The zero-order chi connectivity index (χ0) is 26.9. The highest BCUT2D eigenvalue weighted by Crippen LogP contribution is 2.33. The minimum absolute atomic E-state index is 0.0254. The first kappa shape index (κ1) is 25.9. The number of hydrogen-bond acceptors (Lipinski definition) is 4. The number of aromatic amines is 1. The molecule has 2 atom stereocenters. The molecule has 11 heteroatoms. The fourth-order valence-corrected chi connectivity index (χ4v) is 5.59. The van der Waals surface area contributed by atoms with Crippen molar-refractivity contribution in [2.45, 2.75) is 32.2 Å². The average Bonchev–Trinajstić information content (AvgIpc) is 3.19. The van der Waals surface area contributed by atoms with Gasteiger partial charge >= 0.3 is 12.4 Å². The summed E-state index contributed by atoms with van der Waals surface area (Å²) in [7, 11) is 0. The van der Waals surface area contributed by atoms with Crippen LogP contribution in [0.4, 0.5) is 18.0 Å². The number of nitrogens with one attached hydrogen (secondary N) is 1. The van der Waals surface area contributed by atoms with E-state index < -0.39 is 6.36 Å². The largest absolute Gasteiger partial charge is 0.573 e. The Kier molecular flexibility index (Phi) is 7.18. The molecule has 1 aromatic heterocycles. The van der Waals surface area contributed by atoms with Crippen LogP contribution in [0.5, 0.6) is 5.75 Å². The molecule has 5 rings (SSSR count). The van der Waals surface area contributed by atoms with Crippen molar-refractivity contribution in [3.8, 4) is 5.75 Å². The second kappa shape index (κ2) is 10.5. The molecule has 0 radical (unpaired) electrons. The number of alkyl halides is 3. The highest BCUT2D eigenvalue weighted by atomic mass is 19.4. The standard InChI is InChI=1S/C27H29F3N4O4/c28-27(29,30)38-22-5-1-18(2-6-22)3-8-25(36)32-12-9-19-15-34(16-20(19)10-13-32)26(37)33-14-11-23-21(17-33)4-7-24(35)31-23/h1-8,19-20H,9-17H2,(H,31,35)/b8-3+. The molecule has 0 saturated carbocycles. The quantitative estimate of drug-likeness (QED) is 0.615. The minimum atomic E-state index is -4.74. The van der Waals surface area contributed by atoms with Gasteiger partial charge in [-0.15, -0.1) is 13.2 Å². The lowest BCUT2D eigenvalue weighted by Gasteiger charge is -2.32. The molecule has 8 nitrogen and oxygen atoms in total. The molecule has 1 N–H and O–H groups in total. The van der Waals surface area contributed by atoms with Gasteiger partial charge in [-0.05, 0) is 54.0 Å². The molecule has 0 aliphatic carbocycles. The summed E-state index contributed by atoms with van der Waals surface area (Å²) >= 11 is 0. The topological polar surface area (TPSA) is 85.9 Å². The van der Waals surface area contributed by atoms with Crippen molar-refractivity contribution < 1.29 is 27.5 Å². The molecule has 1 aromatic carbocycles. The zero-order valence-electron chi connectivity index (χ0n) is 20.7. The van der Waals surface area contributed by atoms with Gasteiger partial charge in [0, 0.05) is 63.5 Å². The number of aromatic nitrogens is 1. The van der Waals surface area contributed by atoms with Crippen molar-refractivity contribution in [3.63, 3.8) is 0 Å². The molecular weight excluding hydrogens is 501 g/mol. The fourth-order valence-electron chi connectivity index (χ4n) is 5.59. The molecule has 38 heavy (non-hydrogen) atoms. The second-order valence-electron chi connectivity index (χ2n) is 10.1. The van der Waals surface area contributed by atoms with Crippen LogP contribution in [0.1, 0.15) is 29.7 Å². The van der Waals surface area contributed by atoms with Crippen LogP contribution in [0, 0.1) is 11.8 Å². The summed E-state index contributed by atoms with van der Waals surface area (Å²) in [5.41, 5.74) is 2.35. The molecule has 3 aliphatic heterocycles. The molecule has 2 aromatic rings. The van der Waals surface area contributed by atoms with E-state index in [0.717, 1.165) is 24.1 Å². The number of likely N-dealkylation sites (tertiary alicyclic amines) is 2. The number of halogens is 3. The van der Waals surface area contributed by atoms with Gasteiger partial charge in [0.1, 0.15) is 5.75 Å². The maximum absolute atomic E-state index is 13.2. The Hall–Kier alpha value is -3.76. The first-order valence-corrected chi connectivity index (χ1v) is 12.7. The Labute approximate surface area is 217 Å². The summed E-state index contributed by atoms with van der Waals surface area (Å²) in [5, 5.41) is 0. The van der Waals surface area contributed by atoms with Gasteiger partial charge in [0.05, 0.1) is 0 Å². The number of benzene rings is 1. The molecule has 2 unspecified atom stereocenters. The lowest BCUT2D eigenvalue weighted by atomic mass is 9.92. The molecule has 4 heterocycles. The van der Waals surface area contributed by atoms with Gasteiger partial charge in [-0.1, -0.05) is 18.2 Å². The molecule has 2 saturated heterocycles. The molecule has 0 bridgehead atoms. The smallest absolute Gasteiger partial charge is 0.406 e. The van der Waals surface area contributed by atoms with Crippen LogP contribution in [0.15, 0.2) is 47.3 Å². The van der Waals surface area contributed by atoms with E-state index in [-0.39, 0.29) is 23.2 Å². The second-order valence-corrected chi connectivity index (χ2v) is 10.1. The summed E-state index contributed by atoms with van der Waals surface area (Å²) in [4.78, 5) is 46.0. The van der Waals surface area contributed by atoms with Crippen LogP contribution in [0.2, 0.25) is 0 Å². The lowest BCUT2D eigenvalue weighted by Crippen LogP contribution is -2.45. The highest BCUT2D eigenvalue weighted by Gasteiger charge is 2.39. The number of rotatable bonds is 3. The summed E-state index contributed by atoms with van der Waals surface area (Å²) in [6.07, 6.45) is 0.526. The van der Waals surface area contributed by atoms with Crippen LogP contribution in [-0.4, -0.2) is 70.7 Å². The van der Waals surface area contributed by atoms with Crippen molar-refractivity contribution in [1.82, 2.24) is 19.7 Å². The maximum Gasteiger partial charge on any atom is 0.573 e. The van der Waals surface area contributed by atoms with Crippen molar-refractivity contribution in [1.29, 1.82) is 0 Å². The number of carbonyl (C=O) groups is 2. The van der Waals surface area contributed by atoms with Gasteiger partial charge in [-0.25, -0.2) is 4.79 Å². The van der Waals surface area contributed by atoms with E-state index in [0.29, 0.717) is 63.1 Å². The van der Waals surface area contributed by atoms with E-state index in [1.807, 2.05) is 9.80 Å².